The molecule has 3 rings (SSSR count). The van der Waals surface area contributed by atoms with Gasteiger partial charge in [-0.05, 0) is 41.4 Å². The number of nitrogens with one attached hydrogen (secondary N) is 1. The van der Waals surface area contributed by atoms with Crippen molar-refractivity contribution in [1.82, 2.24) is 14.8 Å². The molecule has 1 aliphatic rings. The topological polar surface area (TPSA) is 82.2 Å². The molecule has 1 aliphatic heterocycles. The highest BCUT2D eigenvalue weighted by Gasteiger charge is 2.36. The van der Waals surface area contributed by atoms with Crippen LogP contribution in [0, 0.1) is 0 Å². The summed E-state index contributed by atoms with van der Waals surface area (Å²) in [6, 6.07) is 3.07. The van der Waals surface area contributed by atoms with Crippen molar-refractivity contribution in [2.75, 3.05) is 11.9 Å². The first-order valence-corrected chi connectivity index (χ1v) is 7.70. The highest BCUT2D eigenvalue weighted by Crippen LogP contribution is 2.36. The summed E-state index contributed by atoms with van der Waals surface area (Å²) in [5.74, 6) is 0.760. The van der Waals surface area contributed by atoms with Crippen molar-refractivity contribution in [2.24, 2.45) is 0 Å². The van der Waals surface area contributed by atoms with E-state index < -0.39 is 6.04 Å². The van der Waals surface area contributed by atoms with E-state index in [4.69, 9.17) is 9.15 Å². The SMILES string of the molecule is CCCOC(=O)C1=C(C)Nc2ncnn2C1c1ccc(Br)o1. The number of carbonyl (C=O) groups is 1. The largest absolute Gasteiger partial charge is 0.462 e. The lowest BCUT2D eigenvalue weighted by Gasteiger charge is -2.26. The van der Waals surface area contributed by atoms with Crippen LogP contribution in [-0.2, 0) is 9.53 Å². The van der Waals surface area contributed by atoms with E-state index in [0.717, 1.165) is 6.42 Å². The number of allylic oxidation sites excluding steroid dienone is 1. The first-order chi connectivity index (χ1) is 10.6. The molecule has 0 amide bonds. The zero-order chi connectivity index (χ0) is 15.7. The van der Waals surface area contributed by atoms with E-state index in [1.807, 2.05) is 13.8 Å². The number of hydrogen-bond acceptors (Lipinski definition) is 6. The maximum atomic E-state index is 12.5. The van der Waals surface area contributed by atoms with Gasteiger partial charge in [0.25, 0.3) is 0 Å². The molecule has 3 heterocycles. The van der Waals surface area contributed by atoms with E-state index in [9.17, 15) is 4.79 Å². The molecule has 1 N–H and O–H groups in total. The minimum absolute atomic E-state index is 0.369. The van der Waals surface area contributed by atoms with E-state index in [2.05, 4.69) is 31.3 Å². The predicted octanol–water partition coefficient (Wildman–Crippen LogP) is 2.88. The molecule has 1 unspecified atom stereocenters. The normalized spacial score (nSPS) is 17.1. The summed E-state index contributed by atoms with van der Waals surface area (Å²) >= 11 is 3.28. The van der Waals surface area contributed by atoms with E-state index in [1.54, 1.807) is 16.8 Å². The summed E-state index contributed by atoms with van der Waals surface area (Å²) in [5, 5.41) is 7.27. The van der Waals surface area contributed by atoms with Gasteiger partial charge >= 0.3 is 5.97 Å². The van der Waals surface area contributed by atoms with Gasteiger partial charge in [0.2, 0.25) is 5.95 Å². The fourth-order valence-electron chi connectivity index (χ4n) is 2.37. The Morgan fingerprint density at radius 2 is 2.36 bits per heavy atom. The number of fused-ring (bicyclic) bond motifs is 1. The first-order valence-electron chi connectivity index (χ1n) is 6.91. The number of rotatable bonds is 4. The molecule has 0 aliphatic carbocycles. The number of halogens is 1. The van der Waals surface area contributed by atoms with Crippen LogP contribution in [0.2, 0.25) is 0 Å². The lowest BCUT2D eigenvalue weighted by molar-refractivity contribution is -0.139. The third-order valence-electron chi connectivity index (χ3n) is 3.32. The van der Waals surface area contributed by atoms with Crippen LogP contribution in [0.1, 0.15) is 32.1 Å². The second-order valence-electron chi connectivity index (χ2n) is 4.87. The Morgan fingerprint density at radius 1 is 1.55 bits per heavy atom. The number of furan rings is 1. The summed E-state index contributed by atoms with van der Waals surface area (Å²) in [6.45, 7) is 4.13. The lowest BCUT2D eigenvalue weighted by atomic mass is 10.0. The van der Waals surface area contributed by atoms with Crippen molar-refractivity contribution in [3.8, 4) is 0 Å². The van der Waals surface area contributed by atoms with E-state index in [1.165, 1.54) is 6.33 Å². The number of carbonyl (C=O) groups excluding carboxylic acids is 1. The van der Waals surface area contributed by atoms with Gasteiger partial charge < -0.3 is 14.5 Å². The highest BCUT2D eigenvalue weighted by atomic mass is 79.9. The molecule has 0 saturated heterocycles. The third-order valence-corrected chi connectivity index (χ3v) is 3.74. The molecule has 0 spiro atoms. The molecular weight excluding hydrogens is 352 g/mol. The van der Waals surface area contributed by atoms with Gasteiger partial charge in [-0.3, -0.25) is 0 Å². The van der Waals surface area contributed by atoms with Crippen molar-refractivity contribution in [1.29, 1.82) is 0 Å². The second-order valence-corrected chi connectivity index (χ2v) is 5.65. The Hall–Kier alpha value is -2.09. The van der Waals surface area contributed by atoms with Crippen molar-refractivity contribution in [3.05, 3.63) is 40.2 Å². The van der Waals surface area contributed by atoms with Gasteiger partial charge in [-0.15, -0.1) is 0 Å². The Labute approximate surface area is 135 Å². The number of ether oxygens (including phenoxy) is 1. The first kappa shape index (κ1) is 14.8. The molecule has 0 saturated carbocycles. The predicted molar refractivity (Wildman–Crippen MR) is 82.1 cm³/mol. The number of hydrogen-bond donors (Lipinski definition) is 1. The smallest absolute Gasteiger partial charge is 0.338 e. The minimum atomic E-state index is -0.505. The van der Waals surface area contributed by atoms with E-state index >= 15 is 0 Å². The summed E-state index contributed by atoms with van der Waals surface area (Å²) in [4.78, 5) is 16.6. The summed E-state index contributed by atoms with van der Waals surface area (Å²) in [6.07, 6.45) is 2.19. The van der Waals surface area contributed by atoms with Crippen LogP contribution in [0.15, 0.2) is 38.8 Å². The van der Waals surface area contributed by atoms with Gasteiger partial charge in [0.05, 0.1) is 12.2 Å². The second kappa shape index (κ2) is 5.96. The van der Waals surface area contributed by atoms with E-state index in [-0.39, 0.29) is 5.97 Å². The van der Waals surface area contributed by atoms with Crippen LogP contribution in [0.5, 0.6) is 0 Å². The molecule has 0 bridgehead atoms. The van der Waals surface area contributed by atoms with Crippen LogP contribution in [-0.4, -0.2) is 27.3 Å². The number of esters is 1. The molecule has 1 atom stereocenters. The Bertz CT molecular complexity index is 734. The van der Waals surface area contributed by atoms with Crippen molar-refractivity contribution in [2.45, 2.75) is 26.3 Å². The van der Waals surface area contributed by atoms with Gasteiger partial charge in [0, 0.05) is 5.70 Å². The lowest BCUT2D eigenvalue weighted by Crippen LogP contribution is -2.29. The van der Waals surface area contributed by atoms with Crippen LogP contribution in [0.4, 0.5) is 5.95 Å². The number of nitrogens with zero attached hydrogens (tertiary/aromatic N) is 3. The maximum Gasteiger partial charge on any atom is 0.338 e. The fourth-order valence-corrected chi connectivity index (χ4v) is 2.69. The Balaban J connectivity index is 2.06. The standard InChI is InChI=1S/C14H15BrN4O3/c1-3-6-21-13(20)11-8(2)18-14-16-7-17-19(14)12(11)9-4-5-10(15)22-9/h4-5,7,12H,3,6H2,1-2H3,(H,16,17,18). The summed E-state index contributed by atoms with van der Waals surface area (Å²) < 4.78 is 13.1. The highest BCUT2D eigenvalue weighted by molar-refractivity contribution is 9.10. The molecule has 2 aromatic heterocycles. The Kier molecular flexibility index (Phi) is 4.02. The zero-order valence-electron chi connectivity index (χ0n) is 12.2. The number of aromatic nitrogens is 3. The van der Waals surface area contributed by atoms with Crippen molar-refractivity contribution < 1.29 is 13.9 Å². The van der Waals surface area contributed by atoms with Crippen LogP contribution in [0.25, 0.3) is 0 Å². The monoisotopic (exact) mass is 366 g/mol. The molecule has 2 aromatic rings. The van der Waals surface area contributed by atoms with Gasteiger partial charge in [-0.2, -0.15) is 10.1 Å². The molecule has 0 fully saturated rings. The molecule has 22 heavy (non-hydrogen) atoms. The maximum absolute atomic E-state index is 12.5. The van der Waals surface area contributed by atoms with Gasteiger partial charge in [0.1, 0.15) is 18.1 Å². The van der Waals surface area contributed by atoms with Crippen molar-refractivity contribution in [3.63, 3.8) is 0 Å². The van der Waals surface area contributed by atoms with Gasteiger partial charge in [-0.25, -0.2) is 9.48 Å². The van der Waals surface area contributed by atoms with Crippen LogP contribution < -0.4 is 5.32 Å². The molecule has 0 aromatic carbocycles. The molecular formula is C14H15BrN4O3. The summed E-state index contributed by atoms with van der Waals surface area (Å²) in [7, 11) is 0. The van der Waals surface area contributed by atoms with Gasteiger partial charge in [-0.1, -0.05) is 6.92 Å². The quantitative estimate of drug-likeness (QED) is 0.837. The number of anilines is 1. The Morgan fingerprint density at radius 3 is 3.05 bits per heavy atom. The average molecular weight is 367 g/mol. The molecule has 116 valence electrons. The fraction of sp³-hybridized carbons (Fsp3) is 0.357. The van der Waals surface area contributed by atoms with Gasteiger partial charge in [0.15, 0.2) is 4.67 Å². The molecule has 7 nitrogen and oxygen atoms in total. The minimum Gasteiger partial charge on any atom is -0.462 e. The van der Waals surface area contributed by atoms with Crippen LogP contribution in [0.3, 0.4) is 0 Å². The molecule has 8 heteroatoms. The summed E-state index contributed by atoms with van der Waals surface area (Å²) in [5.41, 5.74) is 1.15. The zero-order valence-corrected chi connectivity index (χ0v) is 13.8. The van der Waals surface area contributed by atoms with Crippen LogP contribution >= 0.6 is 15.9 Å². The molecule has 0 radical (unpaired) electrons. The van der Waals surface area contributed by atoms with E-state index in [0.29, 0.717) is 34.3 Å². The average Bonchev–Trinajstić information content (AvgIpc) is 3.11. The third kappa shape index (κ3) is 2.54. The van der Waals surface area contributed by atoms with Crippen molar-refractivity contribution >= 4 is 27.8 Å².